The standard InChI is InChI=1S/C15H24N2OS/c1-3-7-15(8-5-9-16-15)14(18)17-12(2)11-13-6-4-10-19-13/h4,6,10,12,16H,3,5,7-9,11H2,1-2H3,(H,17,18). The van der Waals surface area contributed by atoms with Crippen molar-refractivity contribution in [2.45, 2.75) is 57.5 Å². The third-order valence-electron chi connectivity index (χ3n) is 3.82. The number of rotatable bonds is 6. The summed E-state index contributed by atoms with van der Waals surface area (Å²) in [6, 6.07) is 4.39. The van der Waals surface area contributed by atoms with Crippen LogP contribution in [0.1, 0.15) is 44.4 Å². The van der Waals surface area contributed by atoms with Gasteiger partial charge in [0.15, 0.2) is 0 Å². The Hall–Kier alpha value is -0.870. The quantitative estimate of drug-likeness (QED) is 0.841. The molecule has 1 aromatic heterocycles. The first-order chi connectivity index (χ1) is 9.16. The minimum Gasteiger partial charge on any atom is -0.352 e. The van der Waals surface area contributed by atoms with Crippen molar-refractivity contribution in [2.24, 2.45) is 0 Å². The maximum absolute atomic E-state index is 12.5. The highest BCUT2D eigenvalue weighted by atomic mass is 32.1. The van der Waals surface area contributed by atoms with Crippen LogP contribution in [0.4, 0.5) is 0 Å². The molecule has 0 saturated carbocycles. The predicted octanol–water partition coefficient (Wildman–Crippen LogP) is 2.72. The summed E-state index contributed by atoms with van der Waals surface area (Å²) in [5.74, 6) is 0.191. The second kappa shape index (κ2) is 6.53. The molecule has 0 radical (unpaired) electrons. The second-order valence-electron chi connectivity index (χ2n) is 5.52. The van der Waals surface area contributed by atoms with Crippen LogP contribution >= 0.6 is 11.3 Å². The molecule has 0 spiro atoms. The van der Waals surface area contributed by atoms with Crippen LogP contribution < -0.4 is 10.6 Å². The van der Waals surface area contributed by atoms with Gasteiger partial charge in [-0.1, -0.05) is 19.4 Å². The van der Waals surface area contributed by atoms with Gasteiger partial charge in [-0.15, -0.1) is 11.3 Å². The lowest BCUT2D eigenvalue weighted by molar-refractivity contribution is -0.128. The highest BCUT2D eigenvalue weighted by Crippen LogP contribution is 2.25. The number of hydrogen-bond acceptors (Lipinski definition) is 3. The lowest BCUT2D eigenvalue weighted by Gasteiger charge is -2.29. The van der Waals surface area contributed by atoms with E-state index in [2.05, 4.69) is 42.0 Å². The largest absolute Gasteiger partial charge is 0.352 e. The number of nitrogens with one attached hydrogen (secondary N) is 2. The molecular weight excluding hydrogens is 256 g/mol. The van der Waals surface area contributed by atoms with Gasteiger partial charge in [0.2, 0.25) is 5.91 Å². The summed E-state index contributed by atoms with van der Waals surface area (Å²) in [7, 11) is 0. The van der Waals surface area contributed by atoms with E-state index in [4.69, 9.17) is 0 Å². The maximum atomic E-state index is 12.5. The van der Waals surface area contributed by atoms with Crippen molar-refractivity contribution in [2.75, 3.05) is 6.54 Å². The molecule has 1 amide bonds. The van der Waals surface area contributed by atoms with Gasteiger partial charge < -0.3 is 10.6 Å². The smallest absolute Gasteiger partial charge is 0.240 e. The Morgan fingerprint density at radius 3 is 3.05 bits per heavy atom. The Labute approximate surface area is 119 Å². The fourth-order valence-corrected chi connectivity index (χ4v) is 3.73. The molecule has 3 nitrogen and oxygen atoms in total. The first-order valence-corrected chi connectivity index (χ1v) is 8.12. The van der Waals surface area contributed by atoms with E-state index in [1.54, 1.807) is 11.3 Å². The molecule has 0 bridgehead atoms. The van der Waals surface area contributed by atoms with Gasteiger partial charge in [-0.2, -0.15) is 0 Å². The Morgan fingerprint density at radius 2 is 2.47 bits per heavy atom. The summed E-state index contributed by atoms with van der Waals surface area (Å²) in [5.41, 5.74) is -0.307. The highest BCUT2D eigenvalue weighted by Gasteiger charge is 2.40. The molecule has 2 rings (SSSR count). The Kier molecular flexibility index (Phi) is 4.99. The van der Waals surface area contributed by atoms with E-state index in [0.29, 0.717) is 0 Å². The number of thiophene rings is 1. The van der Waals surface area contributed by atoms with Gasteiger partial charge in [0.25, 0.3) is 0 Å². The van der Waals surface area contributed by atoms with Crippen LogP contribution in [0.15, 0.2) is 17.5 Å². The monoisotopic (exact) mass is 280 g/mol. The van der Waals surface area contributed by atoms with Crippen LogP contribution in [0.25, 0.3) is 0 Å². The average Bonchev–Trinajstić information content (AvgIpc) is 3.01. The molecule has 0 aromatic carbocycles. The molecule has 1 aliphatic rings. The minimum absolute atomic E-state index is 0.191. The summed E-state index contributed by atoms with van der Waals surface area (Å²) in [6.45, 7) is 5.20. The molecule has 1 saturated heterocycles. The SMILES string of the molecule is CCCC1(C(=O)NC(C)Cc2cccs2)CCCN1. The lowest BCUT2D eigenvalue weighted by Crippen LogP contribution is -2.55. The first-order valence-electron chi connectivity index (χ1n) is 7.24. The molecule has 2 N–H and O–H groups in total. The van der Waals surface area contributed by atoms with Crippen LogP contribution in [0.5, 0.6) is 0 Å². The van der Waals surface area contributed by atoms with Crippen molar-refractivity contribution in [1.29, 1.82) is 0 Å². The molecule has 106 valence electrons. The number of amides is 1. The highest BCUT2D eigenvalue weighted by molar-refractivity contribution is 7.09. The number of hydrogen-bond donors (Lipinski definition) is 2. The van der Waals surface area contributed by atoms with E-state index in [0.717, 1.165) is 38.6 Å². The van der Waals surface area contributed by atoms with Crippen molar-refractivity contribution in [1.82, 2.24) is 10.6 Å². The lowest BCUT2D eigenvalue weighted by atomic mass is 9.90. The van der Waals surface area contributed by atoms with Crippen LogP contribution in [0.2, 0.25) is 0 Å². The molecule has 2 atom stereocenters. The molecule has 1 aromatic rings. The van der Waals surface area contributed by atoms with Crippen molar-refractivity contribution in [3.63, 3.8) is 0 Å². The third kappa shape index (κ3) is 3.57. The van der Waals surface area contributed by atoms with Crippen molar-refractivity contribution in [3.05, 3.63) is 22.4 Å². The molecule has 2 heterocycles. The van der Waals surface area contributed by atoms with E-state index < -0.39 is 0 Å². The summed E-state index contributed by atoms with van der Waals surface area (Å²) < 4.78 is 0. The van der Waals surface area contributed by atoms with Crippen LogP contribution in [0, 0.1) is 0 Å². The van der Waals surface area contributed by atoms with Crippen LogP contribution in [0.3, 0.4) is 0 Å². The van der Waals surface area contributed by atoms with Crippen molar-refractivity contribution in [3.8, 4) is 0 Å². The molecule has 2 unspecified atom stereocenters. The van der Waals surface area contributed by atoms with E-state index in [-0.39, 0.29) is 17.5 Å². The van der Waals surface area contributed by atoms with Gasteiger partial charge >= 0.3 is 0 Å². The topological polar surface area (TPSA) is 41.1 Å². The summed E-state index contributed by atoms with van der Waals surface area (Å²) in [4.78, 5) is 13.9. The predicted molar refractivity (Wildman–Crippen MR) is 80.5 cm³/mol. The van der Waals surface area contributed by atoms with Gasteiger partial charge in [-0.3, -0.25) is 4.79 Å². The normalized spacial score (nSPS) is 24.3. The average molecular weight is 280 g/mol. The third-order valence-corrected chi connectivity index (χ3v) is 4.72. The Balaban J connectivity index is 1.91. The van der Waals surface area contributed by atoms with E-state index in [9.17, 15) is 4.79 Å². The molecule has 1 fully saturated rings. The Morgan fingerprint density at radius 1 is 1.63 bits per heavy atom. The summed E-state index contributed by atoms with van der Waals surface area (Å²) in [6.07, 6.45) is 4.97. The van der Waals surface area contributed by atoms with Gasteiger partial charge in [-0.25, -0.2) is 0 Å². The van der Waals surface area contributed by atoms with Gasteiger partial charge in [-0.05, 0) is 44.2 Å². The van der Waals surface area contributed by atoms with Gasteiger partial charge in [0.05, 0.1) is 5.54 Å². The van der Waals surface area contributed by atoms with Gasteiger partial charge in [0, 0.05) is 17.3 Å². The minimum atomic E-state index is -0.307. The van der Waals surface area contributed by atoms with Crippen LogP contribution in [-0.2, 0) is 11.2 Å². The Bertz CT molecular complexity index is 396. The summed E-state index contributed by atoms with van der Waals surface area (Å²) in [5, 5.41) is 8.70. The molecule has 0 aliphatic carbocycles. The van der Waals surface area contributed by atoms with Crippen LogP contribution in [-0.4, -0.2) is 24.0 Å². The zero-order chi connectivity index (χ0) is 13.7. The van der Waals surface area contributed by atoms with E-state index in [1.165, 1.54) is 4.88 Å². The number of carbonyl (C=O) groups excluding carboxylic acids is 1. The molecule has 1 aliphatic heterocycles. The van der Waals surface area contributed by atoms with Gasteiger partial charge in [0.1, 0.15) is 0 Å². The zero-order valence-electron chi connectivity index (χ0n) is 11.9. The first kappa shape index (κ1) is 14.5. The molecule has 4 heteroatoms. The molecular formula is C15H24N2OS. The molecule has 19 heavy (non-hydrogen) atoms. The van der Waals surface area contributed by atoms with Crippen molar-refractivity contribution < 1.29 is 4.79 Å². The zero-order valence-corrected chi connectivity index (χ0v) is 12.7. The maximum Gasteiger partial charge on any atom is 0.240 e. The van der Waals surface area contributed by atoms with E-state index >= 15 is 0 Å². The van der Waals surface area contributed by atoms with Crippen molar-refractivity contribution >= 4 is 17.2 Å². The van der Waals surface area contributed by atoms with E-state index in [1.807, 2.05) is 0 Å². The number of carbonyl (C=O) groups is 1. The fraction of sp³-hybridized carbons (Fsp3) is 0.667. The summed E-state index contributed by atoms with van der Waals surface area (Å²) >= 11 is 1.75. The fourth-order valence-electron chi connectivity index (χ4n) is 2.90. The second-order valence-corrected chi connectivity index (χ2v) is 6.55.